The van der Waals surface area contributed by atoms with E-state index in [0.717, 1.165) is 0 Å². The van der Waals surface area contributed by atoms with Crippen molar-refractivity contribution in [2.75, 3.05) is 12.0 Å². The van der Waals surface area contributed by atoms with Crippen molar-refractivity contribution >= 4 is 43.8 Å². The van der Waals surface area contributed by atoms with E-state index < -0.39 is 26.9 Å². The minimum absolute atomic E-state index is 0.0790. The SMILES string of the molecule is CS(=O)CC(NS(=O)(=O)c1cscc1Cl)C(C)(C)C. The largest absolute Gasteiger partial charge is 0.260 e. The summed E-state index contributed by atoms with van der Waals surface area (Å²) in [6.07, 6.45) is 1.56. The van der Waals surface area contributed by atoms with Gasteiger partial charge in [0.15, 0.2) is 0 Å². The Bertz CT molecular complexity index is 560. The second-order valence-corrected chi connectivity index (χ2v) is 9.68. The highest BCUT2D eigenvalue weighted by atomic mass is 35.5. The van der Waals surface area contributed by atoms with Crippen LogP contribution in [0.15, 0.2) is 15.7 Å². The molecule has 1 aromatic rings. The van der Waals surface area contributed by atoms with Crippen molar-refractivity contribution in [3.63, 3.8) is 0 Å². The Hall–Kier alpha value is 0.0500. The molecule has 0 spiro atoms. The predicted octanol–water partition coefficient (Wildman–Crippen LogP) is 2.47. The van der Waals surface area contributed by atoms with Gasteiger partial charge in [-0.1, -0.05) is 32.4 Å². The van der Waals surface area contributed by atoms with Gasteiger partial charge in [-0.15, -0.1) is 11.3 Å². The molecule has 0 radical (unpaired) electrons. The van der Waals surface area contributed by atoms with Crippen LogP contribution >= 0.6 is 22.9 Å². The molecule has 110 valence electrons. The first-order valence-electron chi connectivity index (χ1n) is 5.58. The fourth-order valence-electron chi connectivity index (χ4n) is 1.41. The van der Waals surface area contributed by atoms with Crippen LogP contribution in [0.4, 0.5) is 0 Å². The maximum atomic E-state index is 12.3. The summed E-state index contributed by atoms with van der Waals surface area (Å²) in [6, 6.07) is -0.417. The van der Waals surface area contributed by atoms with E-state index in [2.05, 4.69) is 4.72 Å². The molecule has 0 amide bonds. The van der Waals surface area contributed by atoms with Gasteiger partial charge in [0, 0.05) is 39.6 Å². The normalized spacial score (nSPS) is 16.3. The zero-order valence-electron chi connectivity index (χ0n) is 11.3. The lowest BCUT2D eigenvalue weighted by Gasteiger charge is -2.30. The molecule has 8 heteroatoms. The lowest BCUT2D eigenvalue weighted by Crippen LogP contribution is -2.46. The van der Waals surface area contributed by atoms with Gasteiger partial charge in [-0.3, -0.25) is 4.21 Å². The Morgan fingerprint density at radius 1 is 1.42 bits per heavy atom. The molecule has 0 saturated heterocycles. The van der Waals surface area contributed by atoms with Crippen LogP contribution in [-0.2, 0) is 20.8 Å². The maximum Gasteiger partial charge on any atom is 0.243 e. The molecule has 0 saturated carbocycles. The third-order valence-corrected chi connectivity index (χ3v) is 6.38. The summed E-state index contributed by atoms with van der Waals surface area (Å²) in [5.41, 5.74) is -0.332. The number of thiophene rings is 1. The first-order chi connectivity index (χ1) is 8.54. The van der Waals surface area contributed by atoms with Crippen molar-refractivity contribution in [1.29, 1.82) is 0 Å². The molecule has 1 heterocycles. The molecular formula is C11H18ClNO3S3. The Labute approximate surface area is 126 Å². The van der Waals surface area contributed by atoms with E-state index in [4.69, 9.17) is 11.6 Å². The summed E-state index contributed by atoms with van der Waals surface area (Å²) in [5, 5.41) is 3.27. The van der Waals surface area contributed by atoms with E-state index in [0.29, 0.717) is 0 Å². The summed E-state index contributed by atoms with van der Waals surface area (Å²) < 4.78 is 38.5. The summed E-state index contributed by atoms with van der Waals surface area (Å²) in [4.78, 5) is 0.0790. The topological polar surface area (TPSA) is 63.2 Å². The molecule has 1 aromatic heterocycles. The highest BCUT2D eigenvalue weighted by molar-refractivity contribution is 7.90. The van der Waals surface area contributed by atoms with Crippen molar-refractivity contribution in [3.8, 4) is 0 Å². The predicted molar refractivity (Wildman–Crippen MR) is 81.8 cm³/mol. The van der Waals surface area contributed by atoms with E-state index in [9.17, 15) is 12.6 Å². The van der Waals surface area contributed by atoms with E-state index in [1.54, 1.807) is 11.6 Å². The molecule has 0 aliphatic rings. The fraction of sp³-hybridized carbons (Fsp3) is 0.636. The summed E-state index contributed by atoms with van der Waals surface area (Å²) in [6.45, 7) is 5.72. The molecular weight excluding hydrogens is 326 g/mol. The van der Waals surface area contributed by atoms with E-state index in [-0.39, 0.29) is 21.1 Å². The number of hydrogen-bond acceptors (Lipinski definition) is 4. The molecule has 2 atom stereocenters. The average Bonchev–Trinajstić information content (AvgIpc) is 2.61. The van der Waals surface area contributed by atoms with Crippen LogP contribution in [0.2, 0.25) is 5.02 Å². The van der Waals surface area contributed by atoms with Crippen molar-refractivity contribution in [2.24, 2.45) is 5.41 Å². The molecule has 2 unspecified atom stereocenters. The summed E-state index contributed by atoms with van der Waals surface area (Å²) >= 11 is 7.09. The van der Waals surface area contributed by atoms with E-state index in [1.807, 2.05) is 20.8 Å². The van der Waals surface area contributed by atoms with Gasteiger partial charge < -0.3 is 0 Å². The number of rotatable bonds is 5. The Kier molecular flexibility index (Phi) is 5.60. The van der Waals surface area contributed by atoms with Gasteiger partial charge >= 0.3 is 0 Å². The second-order valence-electron chi connectivity index (χ2n) is 5.36. The third-order valence-electron chi connectivity index (χ3n) is 2.62. The van der Waals surface area contributed by atoms with Crippen LogP contribution < -0.4 is 4.72 Å². The Balaban J connectivity index is 3.03. The molecule has 0 aliphatic heterocycles. The van der Waals surface area contributed by atoms with Gasteiger partial charge in [0.05, 0.1) is 5.02 Å². The molecule has 0 aliphatic carbocycles. The number of hydrogen-bond donors (Lipinski definition) is 1. The molecule has 4 nitrogen and oxygen atoms in total. The number of halogens is 1. The van der Waals surface area contributed by atoms with Gasteiger partial charge in [-0.2, -0.15) is 0 Å². The average molecular weight is 344 g/mol. The molecule has 0 aromatic carbocycles. The fourth-order valence-corrected chi connectivity index (χ4v) is 5.71. The van der Waals surface area contributed by atoms with Crippen LogP contribution in [0.5, 0.6) is 0 Å². The molecule has 0 bridgehead atoms. The van der Waals surface area contributed by atoms with Crippen LogP contribution in [0.25, 0.3) is 0 Å². The van der Waals surface area contributed by atoms with E-state index >= 15 is 0 Å². The molecule has 1 rings (SSSR count). The van der Waals surface area contributed by atoms with Crippen LogP contribution in [-0.4, -0.2) is 30.7 Å². The minimum atomic E-state index is -3.68. The first kappa shape index (κ1) is 17.1. The molecule has 1 N–H and O–H groups in total. The maximum absolute atomic E-state index is 12.3. The summed E-state index contributed by atoms with van der Waals surface area (Å²) in [5.74, 6) is 0.268. The smallest absolute Gasteiger partial charge is 0.243 e. The quantitative estimate of drug-likeness (QED) is 0.893. The van der Waals surface area contributed by atoms with Crippen LogP contribution in [0.1, 0.15) is 20.8 Å². The minimum Gasteiger partial charge on any atom is -0.260 e. The third kappa shape index (κ3) is 4.82. The number of nitrogens with one attached hydrogen (secondary N) is 1. The van der Waals surface area contributed by atoms with Gasteiger partial charge in [0.2, 0.25) is 10.0 Å². The van der Waals surface area contributed by atoms with Gasteiger partial charge in [-0.05, 0) is 5.41 Å². The van der Waals surface area contributed by atoms with Crippen molar-refractivity contribution < 1.29 is 12.6 Å². The van der Waals surface area contributed by atoms with Gasteiger partial charge in [0.25, 0.3) is 0 Å². The highest BCUT2D eigenvalue weighted by Gasteiger charge is 2.31. The second kappa shape index (κ2) is 6.22. The van der Waals surface area contributed by atoms with Gasteiger partial charge in [0.1, 0.15) is 4.90 Å². The first-order valence-corrected chi connectivity index (χ1v) is 10.1. The lowest BCUT2D eigenvalue weighted by molar-refractivity contribution is 0.321. The zero-order chi connectivity index (χ0) is 14.8. The van der Waals surface area contributed by atoms with Gasteiger partial charge in [-0.25, -0.2) is 13.1 Å². The zero-order valence-corrected chi connectivity index (χ0v) is 14.5. The molecule has 0 fully saturated rings. The van der Waals surface area contributed by atoms with Crippen molar-refractivity contribution in [2.45, 2.75) is 31.7 Å². The lowest BCUT2D eigenvalue weighted by atomic mass is 9.89. The van der Waals surface area contributed by atoms with Crippen molar-refractivity contribution in [1.82, 2.24) is 4.72 Å². The molecule has 19 heavy (non-hydrogen) atoms. The van der Waals surface area contributed by atoms with Crippen LogP contribution in [0, 0.1) is 5.41 Å². The number of sulfonamides is 1. The summed E-state index contributed by atoms with van der Waals surface area (Å²) in [7, 11) is -4.77. The Morgan fingerprint density at radius 2 is 2.00 bits per heavy atom. The monoisotopic (exact) mass is 343 g/mol. The van der Waals surface area contributed by atoms with E-state index in [1.165, 1.54) is 16.7 Å². The Morgan fingerprint density at radius 3 is 2.37 bits per heavy atom. The van der Waals surface area contributed by atoms with Crippen molar-refractivity contribution in [3.05, 3.63) is 15.8 Å². The standard InChI is InChI=1S/C11H18ClNO3S3/c1-11(2,3)10(7-18(4)14)13-19(15,16)9-6-17-5-8(9)12/h5-6,10,13H,7H2,1-4H3. The highest BCUT2D eigenvalue weighted by Crippen LogP contribution is 2.27. The van der Waals surface area contributed by atoms with Crippen LogP contribution in [0.3, 0.4) is 0 Å².